The first-order chi connectivity index (χ1) is 14.5. The maximum absolute atomic E-state index is 12.1. The van der Waals surface area contributed by atoms with E-state index in [9.17, 15) is 9.59 Å². The topological polar surface area (TPSA) is 94.0 Å². The molecule has 0 atom stereocenters. The second-order valence-corrected chi connectivity index (χ2v) is 6.78. The summed E-state index contributed by atoms with van der Waals surface area (Å²) in [7, 11) is 0. The van der Waals surface area contributed by atoms with Crippen LogP contribution in [0.1, 0.15) is 23.8 Å². The van der Waals surface area contributed by atoms with Crippen molar-refractivity contribution in [2.75, 3.05) is 6.61 Å². The van der Waals surface area contributed by atoms with Crippen LogP contribution in [0.25, 0.3) is 21.9 Å². The van der Waals surface area contributed by atoms with Gasteiger partial charge >= 0.3 is 5.63 Å². The third-order valence-electron chi connectivity index (χ3n) is 4.71. The van der Waals surface area contributed by atoms with Crippen LogP contribution >= 0.6 is 0 Å². The number of para-hydroxylation sites is 1. The Hall–Kier alpha value is -3.87. The van der Waals surface area contributed by atoms with E-state index in [2.05, 4.69) is 10.5 Å². The SMILES string of the molecule is CCc1oc2ccccc2c1/C=N\NC(=O)COc1ccc2c(C)cc(=O)oc2c1. The van der Waals surface area contributed by atoms with Gasteiger partial charge in [-0.15, -0.1) is 0 Å². The molecular weight excluding hydrogens is 384 g/mol. The second kappa shape index (κ2) is 8.24. The van der Waals surface area contributed by atoms with Gasteiger partial charge in [-0.1, -0.05) is 25.1 Å². The Kier molecular flexibility index (Phi) is 5.34. The molecule has 152 valence electrons. The molecule has 2 aromatic carbocycles. The van der Waals surface area contributed by atoms with Crippen molar-refractivity contribution in [3.05, 3.63) is 75.8 Å². The van der Waals surface area contributed by atoms with Crippen molar-refractivity contribution in [2.24, 2.45) is 5.10 Å². The fraction of sp³-hybridized carbons (Fsp3) is 0.174. The number of nitrogens with one attached hydrogen (secondary N) is 1. The monoisotopic (exact) mass is 404 g/mol. The first-order valence-electron chi connectivity index (χ1n) is 9.54. The Bertz CT molecular complexity index is 1320. The van der Waals surface area contributed by atoms with E-state index in [-0.39, 0.29) is 6.61 Å². The number of nitrogens with zero attached hydrogens (tertiary/aromatic N) is 1. The number of hydrogen-bond donors (Lipinski definition) is 1. The van der Waals surface area contributed by atoms with E-state index in [4.69, 9.17) is 13.6 Å². The zero-order valence-electron chi connectivity index (χ0n) is 16.6. The molecule has 0 aliphatic heterocycles. The molecule has 0 bridgehead atoms. The van der Waals surface area contributed by atoms with Crippen LogP contribution in [0.15, 0.2) is 67.3 Å². The number of rotatable bonds is 6. The smallest absolute Gasteiger partial charge is 0.336 e. The van der Waals surface area contributed by atoms with Crippen molar-refractivity contribution in [3.8, 4) is 5.75 Å². The molecule has 7 nitrogen and oxygen atoms in total. The summed E-state index contributed by atoms with van der Waals surface area (Å²) in [4.78, 5) is 23.6. The van der Waals surface area contributed by atoms with Crippen LogP contribution in [0.3, 0.4) is 0 Å². The molecule has 0 saturated carbocycles. The van der Waals surface area contributed by atoms with Gasteiger partial charge in [0.1, 0.15) is 22.7 Å². The molecule has 0 radical (unpaired) electrons. The summed E-state index contributed by atoms with van der Waals surface area (Å²) in [5.74, 6) is 0.811. The number of furan rings is 1. The van der Waals surface area contributed by atoms with Crippen molar-refractivity contribution >= 4 is 34.1 Å². The standard InChI is InChI=1S/C23H20N2O5/c1-3-19-18(17-6-4-5-7-20(17)29-19)12-24-25-22(26)13-28-15-8-9-16-14(2)10-23(27)30-21(16)11-15/h4-12H,3,13H2,1-2H3,(H,25,26)/b24-12-. The molecule has 2 heterocycles. The van der Waals surface area contributed by atoms with E-state index in [1.807, 2.05) is 38.1 Å². The van der Waals surface area contributed by atoms with Crippen LogP contribution in [0.4, 0.5) is 0 Å². The Morgan fingerprint density at radius 3 is 2.77 bits per heavy atom. The fourth-order valence-corrected chi connectivity index (χ4v) is 3.27. The second-order valence-electron chi connectivity index (χ2n) is 6.78. The highest BCUT2D eigenvalue weighted by molar-refractivity contribution is 5.99. The van der Waals surface area contributed by atoms with Crippen LogP contribution in [0.2, 0.25) is 0 Å². The number of amides is 1. The highest BCUT2D eigenvalue weighted by Gasteiger charge is 2.11. The van der Waals surface area contributed by atoms with Gasteiger partial charge in [-0.05, 0) is 30.7 Å². The molecule has 0 fully saturated rings. The Morgan fingerprint density at radius 2 is 1.93 bits per heavy atom. The zero-order valence-corrected chi connectivity index (χ0v) is 16.6. The minimum absolute atomic E-state index is 0.230. The summed E-state index contributed by atoms with van der Waals surface area (Å²) in [6.45, 7) is 3.60. The summed E-state index contributed by atoms with van der Waals surface area (Å²) in [5, 5.41) is 5.79. The summed E-state index contributed by atoms with van der Waals surface area (Å²) < 4.78 is 16.5. The normalized spacial score (nSPS) is 11.4. The Balaban J connectivity index is 1.41. The van der Waals surface area contributed by atoms with Gasteiger partial charge in [-0.3, -0.25) is 4.79 Å². The van der Waals surface area contributed by atoms with Gasteiger partial charge in [-0.2, -0.15) is 5.10 Å². The summed E-state index contributed by atoms with van der Waals surface area (Å²) >= 11 is 0. The van der Waals surface area contributed by atoms with Gasteiger partial charge in [0.15, 0.2) is 6.61 Å². The van der Waals surface area contributed by atoms with Crippen molar-refractivity contribution in [1.82, 2.24) is 5.43 Å². The van der Waals surface area contributed by atoms with E-state index < -0.39 is 11.5 Å². The maximum atomic E-state index is 12.1. The van der Waals surface area contributed by atoms with Crippen LogP contribution in [0, 0.1) is 6.92 Å². The Labute approximate surface area is 171 Å². The molecule has 0 unspecified atom stereocenters. The molecule has 0 aliphatic rings. The lowest BCUT2D eigenvalue weighted by Gasteiger charge is -2.06. The Morgan fingerprint density at radius 1 is 1.10 bits per heavy atom. The predicted octanol–water partition coefficient (Wildman–Crippen LogP) is 3.94. The number of aryl methyl sites for hydroxylation is 2. The molecule has 7 heteroatoms. The number of carbonyl (C=O) groups is 1. The zero-order chi connectivity index (χ0) is 21.1. The van der Waals surface area contributed by atoms with E-state index in [0.717, 1.165) is 33.2 Å². The lowest BCUT2D eigenvalue weighted by atomic mass is 10.1. The molecule has 4 aromatic rings. The minimum Gasteiger partial charge on any atom is -0.484 e. The average molecular weight is 404 g/mol. The van der Waals surface area contributed by atoms with Gasteiger partial charge in [-0.25, -0.2) is 10.2 Å². The fourth-order valence-electron chi connectivity index (χ4n) is 3.27. The predicted molar refractivity (Wildman–Crippen MR) is 114 cm³/mol. The molecule has 0 aliphatic carbocycles. The molecule has 1 N–H and O–H groups in total. The number of ether oxygens (including phenoxy) is 1. The molecule has 0 saturated heterocycles. The quantitative estimate of drug-likeness (QED) is 0.298. The number of fused-ring (bicyclic) bond motifs is 2. The van der Waals surface area contributed by atoms with E-state index in [1.165, 1.54) is 6.07 Å². The van der Waals surface area contributed by atoms with Gasteiger partial charge in [0.05, 0.1) is 6.21 Å². The van der Waals surface area contributed by atoms with Crippen molar-refractivity contribution in [1.29, 1.82) is 0 Å². The number of hydrazone groups is 1. The van der Waals surface area contributed by atoms with E-state index >= 15 is 0 Å². The average Bonchev–Trinajstić information content (AvgIpc) is 3.09. The highest BCUT2D eigenvalue weighted by atomic mass is 16.5. The molecule has 2 aromatic heterocycles. The van der Waals surface area contributed by atoms with Crippen LogP contribution in [-0.4, -0.2) is 18.7 Å². The first-order valence-corrected chi connectivity index (χ1v) is 9.54. The van der Waals surface area contributed by atoms with Crippen molar-refractivity contribution in [2.45, 2.75) is 20.3 Å². The molecule has 1 amide bonds. The maximum Gasteiger partial charge on any atom is 0.336 e. The number of benzene rings is 2. The van der Waals surface area contributed by atoms with E-state index in [1.54, 1.807) is 24.4 Å². The molecular formula is C23H20N2O5. The molecule has 4 rings (SSSR count). The van der Waals surface area contributed by atoms with Crippen LogP contribution in [0.5, 0.6) is 5.75 Å². The first kappa shape index (κ1) is 19.4. The largest absolute Gasteiger partial charge is 0.484 e. The third-order valence-corrected chi connectivity index (χ3v) is 4.71. The van der Waals surface area contributed by atoms with Crippen LogP contribution in [-0.2, 0) is 11.2 Å². The van der Waals surface area contributed by atoms with Gasteiger partial charge in [0.25, 0.3) is 5.91 Å². The van der Waals surface area contributed by atoms with E-state index in [0.29, 0.717) is 17.8 Å². The van der Waals surface area contributed by atoms with Crippen molar-refractivity contribution < 1.29 is 18.4 Å². The third kappa shape index (κ3) is 3.96. The summed E-state index contributed by atoms with van der Waals surface area (Å²) in [6, 6.07) is 14.2. The number of carbonyl (C=O) groups excluding carboxylic acids is 1. The highest BCUT2D eigenvalue weighted by Crippen LogP contribution is 2.25. The van der Waals surface area contributed by atoms with Crippen molar-refractivity contribution in [3.63, 3.8) is 0 Å². The number of hydrogen-bond acceptors (Lipinski definition) is 6. The van der Waals surface area contributed by atoms with Gasteiger partial charge in [0, 0.05) is 34.9 Å². The lowest BCUT2D eigenvalue weighted by Crippen LogP contribution is -2.24. The molecule has 30 heavy (non-hydrogen) atoms. The van der Waals surface area contributed by atoms with Crippen LogP contribution < -0.4 is 15.8 Å². The van der Waals surface area contributed by atoms with Gasteiger partial charge < -0.3 is 13.6 Å². The van der Waals surface area contributed by atoms with Gasteiger partial charge in [0.2, 0.25) is 0 Å². The molecule has 0 spiro atoms. The lowest BCUT2D eigenvalue weighted by molar-refractivity contribution is -0.123. The summed E-state index contributed by atoms with van der Waals surface area (Å²) in [6.07, 6.45) is 2.29. The minimum atomic E-state index is -0.428. The summed E-state index contributed by atoms with van der Waals surface area (Å²) in [5.41, 5.74) is 4.88.